The van der Waals surface area contributed by atoms with Gasteiger partial charge in [-0.25, -0.2) is 0 Å². The molecule has 1 N–H and O–H groups in total. The molecule has 5 heteroatoms. The van der Waals surface area contributed by atoms with Crippen LogP contribution < -0.4 is 0 Å². The maximum absolute atomic E-state index is 12.4. The number of unbranched alkanes of at least 4 members (excludes halogenated alkanes) is 30. The van der Waals surface area contributed by atoms with E-state index < -0.39 is 6.10 Å². The molecule has 0 saturated heterocycles. The Labute approximate surface area is 581 Å². The second kappa shape index (κ2) is 82.0. The van der Waals surface area contributed by atoms with Gasteiger partial charge in [0.25, 0.3) is 0 Å². The Morgan fingerprint density at radius 2 is 0.426 bits per heavy atom. The van der Waals surface area contributed by atoms with Gasteiger partial charge in [-0.2, -0.15) is 0 Å². The van der Waals surface area contributed by atoms with Crippen LogP contribution in [0.3, 0.4) is 0 Å². The maximum Gasteiger partial charge on any atom is 0.306 e. The average molecular weight is 1290 g/mol. The predicted octanol–water partition coefficient (Wildman–Crippen LogP) is 27.9. The standard InChI is InChI=1S/C89H144O5/c1-3-5-7-9-11-13-15-17-19-21-23-25-27-29-31-33-35-37-39-41-43-44-46-47-49-51-53-55-57-59-61-63-65-67-69-71-73-75-77-79-81-83-88(91)93-86-87(85-90)94-89(92)84-82-80-78-76-74-72-70-68-66-64-62-60-58-56-54-52-50-48-45-42-40-38-36-34-32-30-28-26-24-22-20-18-16-14-12-10-8-6-4-2/h5-8,11-14,17-20,23-26,29-32,36,38,42,45,50,52,56,58,62,64,68,70,87,90H,3-4,9-10,15-16,21-22,27-28,33-35,37,39-41,43-44,46-49,51,53-55,57,59-61,63,65-67,69,71-86H2,1-2H3/b7-5-,8-6-,13-11-,14-12-,19-17-,20-18-,25-23-,26-24-,31-29-,32-30-,38-36-,45-42-,52-50-,58-56-,64-62-,70-68-. The first kappa shape index (κ1) is 88.7. The molecule has 530 valence electrons. The fourth-order valence-electron chi connectivity index (χ4n) is 10.6. The maximum atomic E-state index is 12.4. The smallest absolute Gasteiger partial charge is 0.306 e. The molecule has 0 aromatic heterocycles. The molecule has 0 spiro atoms. The van der Waals surface area contributed by atoms with Gasteiger partial charge in [-0.1, -0.05) is 375 Å². The van der Waals surface area contributed by atoms with Gasteiger partial charge >= 0.3 is 11.9 Å². The minimum atomic E-state index is -0.796. The highest BCUT2D eigenvalue weighted by Crippen LogP contribution is 2.18. The zero-order valence-corrected chi connectivity index (χ0v) is 60.9. The van der Waals surface area contributed by atoms with Crippen LogP contribution in [0.2, 0.25) is 0 Å². The quantitative estimate of drug-likeness (QED) is 0.0373. The lowest BCUT2D eigenvalue weighted by Crippen LogP contribution is -2.28. The van der Waals surface area contributed by atoms with Crippen LogP contribution in [-0.4, -0.2) is 36.4 Å². The lowest BCUT2D eigenvalue weighted by Gasteiger charge is -2.15. The summed E-state index contributed by atoms with van der Waals surface area (Å²) in [6.45, 7) is 3.91. The van der Waals surface area contributed by atoms with Crippen molar-refractivity contribution in [2.75, 3.05) is 13.2 Å². The first-order valence-corrected chi connectivity index (χ1v) is 39.0. The van der Waals surface area contributed by atoms with Crippen molar-refractivity contribution in [3.05, 3.63) is 194 Å². The summed E-state index contributed by atoms with van der Waals surface area (Å²) in [7, 11) is 0. The molecule has 1 unspecified atom stereocenters. The third kappa shape index (κ3) is 79.2. The first-order valence-electron chi connectivity index (χ1n) is 39.0. The molecule has 0 saturated carbocycles. The molecule has 0 radical (unpaired) electrons. The molecule has 0 fully saturated rings. The lowest BCUT2D eigenvalue weighted by atomic mass is 10.0. The van der Waals surface area contributed by atoms with Crippen molar-refractivity contribution in [1.82, 2.24) is 0 Å². The van der Waals surface area contributed by atoms with E-state index in [-0.39, 0.29) is 25.2 Å². The van der Waals surface area contributed by atoms with Gasteiger partial charge in [0.05, 0.1) is 6.61 Å². The van der Waals surface area contributed by atoms with Crippen LogP contribution in [0, 0.1) is 0 Å². The van der Waals surface area contributed by atoms with Gasteiger partial charge in [-0.05, 0) is 141 Å². The number of carbonyl (C=O) groups excluding carboxylic acids is 2. The van der Waals surface area contributed by atoms with E-state index in [1.807, 2.05) is 0 Å². The van der Waals surface area contributed by atoms with E-state index >= 15 is 0 Å². The molecule has 0 aliphatic heterocycles. The summed E-state index contributed by atoms with van der Waals surface area (Å²) in [5.41, 5.74) is 0. The molecule has 0 aliphatic rings. The summed E-state index contributed by atoms with van der Waals surface area (Å²) in [6.07, 6.45) is 129. The fraction of sp³-hybridized carbons (Fsp3) is 0.618. The number of ether oxygens (including phenoxy) is 2. The van der Waals surface area contributed by atoms with Gasteiger partial charge < -0.3 is 14.6 Å². The molecule has 1 atom stereocenters. The molecule has 0 heterocycles. The minimum Gasteiger partial charge on any atom is -0.462 e. The van der Waals surface area contributed by atoms with Crippen molar-refractivity contribution in [2.24, 2.45) is 0 Å². The molecule has 0 aromatic carbocycles. The van der Waals surface area contributed by atoms with Gasteiger partial charge in [0.15, 0.2) is 6.10 Å². The van der Waals surface area contributed by atoms with Gasteiger partial charge in [0.1, 0.15) is 6.61 Å². The number of aliphatic hydroxyl groups is 1. The van der Waals surface area contributed by atoms with Crippen LogP contribution >= 0.6 is 0 Å². The minimum absolute atomic E-state index is 0.0813. The fourth-order valence-corrected chi connectivity index (χ4v) is 10.6. The van der Waals surface area contributed by atoms with E-state index in [0.717, 1.165) is 161 Å². The number of aliphatic hydroxyl groups excluding tert-OH is 1. The monoisotopic (exact) mass is 1290 g/mol. The molecule has 94 heavy (non-hydrogen) atoms. The average Bonchev–Trinajstić information content (AvgIpc) is 3.65. The van der Waals surface area contributed by atoms with E-state index in [9.17, 15) is 14.7 Å². The summed E-state index contributed by atoms with van der Waals surface area (Å²) in [5.74, 6) is -0.612. The highest BCUT2D eigenvalue weighted by atomic mass is 16.6. The molecule has 0 bridgehead atoms. The van der Waals surface area contributed by atoms with E-state index in [1.54, 1.807) is 0 Å². The van der Waals surface area contributed by atoms with Crippen LogP contribution in [0.1, 0.15) is 335 Å². The van der Waals surface area contributed by atoms with E-state index in [4.69, 9.17) is 9.47 Å². The predicted molar refractivity (Wildman–Crippen MR) is 416 cm³/mol. The number of allylic oxidation sites excluding steroid dienone is 32. The third-order valence-corrected chi connectivity index (χ3v) is 16.4. The van der Waals surface area contributed by atoms with Gasteiger partial charge in [0, 0.05) is 12.8 Å². The summed E-state index contributed by atoms with van der Waals surface area (Å²) >= 11 is 0. The number of hydrogen-bond donors (Lipinski definition) is 1. The lowest BCUT2D eigenvalue weighted by molar-refractivity contribution is -0.161. The van der Waals surface area contributed by atoms with E-state index in [2.05, 4.69) is 208 Å². The second-order valence-electron chi connectivity index (χ2n) is 25.3. The Balaban J connectivity index is 3.53. The first-order chi connectivity index (χ1) is 46.6. The van der Waals surface area contributed by atoms with Gasteiger partial charge in [0.2, 0.25) is 0 Å². The van der Waals surface area contributed by atoms with Crippen molar-refractivity contribution in [1.29, 1.82) is 0 Å². The Morgan fingerprint density at radius 1 is 0.245 bits per heavy atom. The van der Waals surface area contributed by atoms with Crippen molar-refractivity contribution in [2.45, 2.75) is 341 Å². The summed E-state index contributed by atoms with van der Waals surface area (Å²) in [5, 5.41) is 9.72. The number of carbonyl (C=O) groups is 2. The Kier molecular flexibility index (Phi) is 77.4. The largest absolute Gasteiger partial charge is 0.462 e. The Morgan fingerprint density at radius 3 is 0.638 bits per heavy atom. The van der Waals surface area contributed by atoms with Crippen molar-refractivity contribution in [3.63, 3.8) is 0 Å². The van der Waals surface area contributed by atoms with Crippen molar-refractivity contribution >= 4 is 11.9 Å². The van der Waals surface area contributed by atoms with Crippen LogP contribution in [0.4, 0.5) is 0 Å². The molecule has 0 rings (SSSR count). The Hall–Kier alpha value is -5.26. The number of rotatable bonds is 70. The van der Waals surface area contributed by atoms with E-state index in [1.165, 1.54) is 148 Å². The topological polar surface area (TPSA) is 72.8 Å². The highest BCUT2D eigenvalue weighted by molar-refractivity contribution is 5.70. The molecule has 0 aromatic rings. The van der Waals surface area contributed by atoms with Gasteiger partial charge in [-0.15, -0.1) is 0 Å². The zero-order valence-electron chi connectivity index (χ0n) is 60.9. The molecular formula is C89H144O5. The molecule has 5 nitrogen and oxygen atoms in total. The van der Waals surface area contributed by atoms with E-state index in [0.29, 0.717) is 12.8 Å². The SMILES string of the molecule is CC/C=C\C/C=C\C/C=C\C/C=C\C/C=C\C/C=C\C/C=C\C/C=C\C/C=C\C/C=C\C/C=C\CCCCCCCC(=O)OC(CO)COC(=O)CCCCCCCCCCCCCCCCCCCCCCCCCCC/C=C\C/C=C\C/C=C\C/C=C\C/C=C\CC. The molecular weight excluding hydrogens is 1150 g/mol. The van der Waals surface area contributed by atoms with Crippen LogP contribution in [0.25, 0.3) is 0 Å². The molecule has 0 amide bonds. The van der Waals surface area contributed by atoms with Crippen LogP contribution in [0.5, 0.6) is 0 Å². The highest BCUT2D eigenvalue weighted by Gasteiger charge is 2.16. The zero-order chi connectivity index (χ0) is 67.5. The summed E-state index contributed by atoms with van der Waals surface area (Å²) in [6, 6.07) is 0. The second-order valence-corrected chi connectivity index (χ2v) is 25.3. The number of esters is 2. The van der Waals surface area contributed by atoms with Crippen molar-refractivity contribution in [3.8, 4) is 0 Å². The Bertz CT molecular complexity index is 2110. The van der Waals surface area contributed by atoms with Crippen molar-refractivity contribution < 1.29 is 24.2 Å². The third-order valence-electron chi connectivity index (χ3n) is 16.4. The summed E-state index contributed by atoms with van der Waals surface area (Å²) in [4.78, 5) is 24.7. The van der Waals surface area contributed by atoms with Gasteiger partial charge in [-0.3, -0.25) is 9.59 Å². The van der Waals surface area contributed by atoms with Crippen LogP contribution in [0.15, 0.2) is 194 Å². The summed E-state index contributed by atoms with van der Waals surface area (Å²) < 4.78 is 10.8. The normalized spacial score (nSPS) is 13.4. The van der Waals surface area contributed by atoms with Crippen LogP contribution in [-0.2, 0) is 19.1 Å². The molecule has 0 aliphatic carbocycles. The number of hydrogen-bond acceptors (Lipinski definition) is 5.